The van der Waals surface area contributed by atoms with Crippen molar-refractivity contribution < 1.29 is 4.74 Å². The van der Waals surface area contributed by atoms with Crippen molar-refractivity contribution in [2.45, 2.75) is 44.7 Å². The summed E-state index contributed by atoms with van der Waals surface area (Å²) < 4.78 is 8.02. The molecule has 8 heteroatoms. The Morgan fingerprint density at radius 3 is 2.78 bits per heavy atom. The van der Waals surface area contributed by atoms with Crippen LogP contribution in [0, 0.1) is 0 Å². The lowest BCUT2D eigenvalue weighted by Gasteiger charge is -2.26. The molecule has 2 atom stereocenters. The van der Waals surface area contributed by atoms with Crippen molar-refractivity contribution in [2.24, 2.45) is 0 Å². The van der Waals surface area contributed by atoms with Crippen molar-refractivity contribution in [3.05, 3.63) is 58.1 Å². The van der Waals surface area contributed by atoms with Crippen LogP contribution in [0.25, 0.3) is 11.0 Å². The molecule has 0 spiro atoms. The maximum atomic E-state index is 6.31. The van der Waals surface area contributed by atoms with Gasteiger partial charge in [0.2, 0.25) is 5.95 Å². The number of ether oxygens (including phenoxy) is 1. The third-order valence-electron chi connectivity index (χ3n) is 7.64. The normalized spacial score (nSPS) is 21.4. The second-order valence-corrected chi connectivity index (χ2v) is 10.7. The van der Waals surface area contributed by atoms with E-state index in [0.29, 0.717) is 28.6 Å². The van der Waals surface area contributed by atoms with E-state index in [-0.39, 0.29) is 0 Å². The fourth-order valence-electron chi connectivity index (χ4n) is 5.75. The summed E-state index contributed by atoms with van der Waals surface area (Å²) in [6, 6.07) is 15.0. The first-order valence-corrected chi connectivity index (χ1v) is 14.1. The highest BCUT2D eigenvalue weighted by atomic mass is 35.5. The summed E-state index contributed by atoms with van der Waals surface area (Å²) in [5.74, 6) is 1.57. The fourth-order valence-corrected chi connectivity index (χ4v) is 6.06. The van der Waals surface area contributed by atoms with Crippen molar-refractivity contribution in [1.82, 2.24) is 19.8 Å². The SMILES string of the molecule is CCOCCn1c(N2CCCN(CCC3NCCC3c3ccc(Cl)c(Cl)c3)CC2)nc2ccccc21. The molecule has 0 radical (unpaired) electrons. The molecule has 3 heterocycles. The van der Waals surface area contributed by atoms with Crippen molar-refractivity contribution >= 4 is 40.2 Å². The lowest BCUT2D eigenvalue weighted by Crippen LogP contribution is -2.36. The van der Waals surface area contributed by atoms with Crippen molar-refractivity contribution in [3.8, 4) is 0 Å². The molecule has 0 aliphatic carbocycles. The molecule has 0 amide bonds. The summed E-state index contributed by atoms with van der Waals surface area (Å²) in [6.07, 6.45) is 3.43. The van der Waals surface area contributed by atoms with Gasteiger partial charge in [-0.05, 0) is 75.6 Å². The van der Waals surface area contributed by atoms with E-state index in [1.165, 1.54) is 11.1 Å². The van der Waals surface area contributed by atoms with Gasteiger partial charge in [-0.25, -0.2) is 4.98 Å². The molecule has 36 heavy (non-hydrogen) atoms. The minimum Gasteiger partial charge on any atom is -0.380 e. The average molecular weight is 531 g/mol. The van der Waals surface area contributed by atoms with Crippen LogP contribution in [0.5, 0.6) is 0 Å². The molecule has 0 bridgehead atoms. The number of para-hydroxylation sites is 2. The van der Waals surface area contributed by atoms with Crippen LogP contribution in [0.1, 0.15) is 37.7 Å². The lowest BCUT2D eigenvalue weighted by atomic mass is 9.90. The van der Waals surface area contributed by atoms with Crippen molar-refractivity contribution in [1.29, 1.82) is 0 Å². The number of rotatable bonds is 9. The van der Waals surface area contributed by atoms with Gasteiger partial charge >= 0.3 is 0 Å². The van der Waals surface area contributed by atoms with Gasteiger partial charge in [0.15, 0.2) is 0 Å². The second-order valence-electron chi connectivity index (χ2n) is 9.85. The molecule has 1 N–H and O–H groups in total. The van der Waals surface area contributed by atoms with E-state index in [4.69, 9.17) is 32.9 Å². The average Bonchev–Trinajstić information content (AvgIpc) is 3.43. The number of anilines is 1. The molecular formula is C28H37Cl2N5O. The highest BCUT2D eigenvalue weighted by molar-refractivity contribution is 6.42. The number of nitrogens with one attached hydrogen (secondary N) is 1. The Kier molecular flexibility index (Phi) is 8.70. The number of halogens is 2. The third-order valence-corrected chi connectivity index (χ3v) is 8.38. The molecule has 2 aliphatic rings. The van der Waals surface area contributed by atoms with Crippen molar-refractivity contribution in [2.75, 3.05) is 57.4 Å². The van der Waals surface area contributed by atoms with Gasteiger partial charge in [-0.3, -0.25) is 0 Å². The van der Waals surface area contributed by atoms with E-state index >= 15 is 0 Å². The van der Waals surface area contributed by atoms with Crippen LogP contribution in [0.3, 0.4) is 0 Å². The second kappa shape index (κ2) is 12.1. The van der Waals surface area contributed by atoms with Gasteiger partial charge in [0.25, 0.3) is 0 Å². The summed E-state index contributed by atoms with van der Waals surface area (Å²) in [4.78, 5) is 10.1. The van der Waals surface area contributed by atoms with Crippen LogP contribution < -0.4 is 10.2 Å². The smallest absolute Gasteiger partial charge is 0.206 e. The first kappa shape index (κ1) is 25.8. The predicted octanol–water partition coefficient (Wildman–Crippen LogP) is 5.43. The van der Waals surface area contributed by atoms with E-state index < -0.39 is 0 Å². The summed E-state index contributed by atoms with van der Waals surface area (Å²) in [5, 5.41) is 5.02. The minimum absolute atomic E-state index is 0.476. The molecule has 5 rings (SSSR count). The number of benzene rings is 2. The van der Waals surface area contributed by atoms with E-state index in [9.17, 15) is 0 Å². The number of hydrogen-bond donors (Lipinski definition) is 1. The highest BCUT2D eigenvalue weighted by Gasteiger charge is 2.29. The number of nitrogens with zero attached hydrogens (tertiary/aromatic N) is 4. The number of aromatic nitrogens is 2. The molecule has 2 unspecified atom stereocenters. The molecule has 3 aromatic rings. The summed E-state index contributed by atoms with van der Waals surface area (Å²) in [5.41, 5.74) is 3.55. The van der Waals surface area contributed by atoms with Crippen LogP contribution >= 0.6 is 23.2 Å². The molecule has 2 saturated heterocycles. The van der Waals surface area contributed by atoms with Gasteiger partial charge in [0, 0.05) is 44.7 Å². The highest BCUT2D eigenvalue weighted by Crippen LogP contribution is 2.33. The molecule has 6 nitrogen and oxygen atoms in total. The maximum Gasteiger partial charge on any atom is 0.206 e. The van der Waals surface area contributed by atoms with E-state index in [2.05, 4.69) is 56.1 Å². The maximum absolute atomic E-state index is 6.31. The van der Waals surface area contributed by atoms with E-state index in [1.54, 1.807) is 0 Å². The Balaban J connectivity index is 1.21. The van der Waals surface area contributed by atoms with E-state index in [1.807, 2.05) is 13.0 Å². The summed E-state index contributed by atoms with van der Waals surface area (Å²) in [7, 11) is 0. The van der Waals surface area contributed by atoms with E-state index in [0.717, 1.165) is 83.1 Å². The van der Waals surface area contributed by atoms with Crippen LogP contribution in [0.4, 0.5) is 5.95 Å². The number of imidazole rings is 1. The van der Waals surface area contributed by atoms with Crippen molar-refractivity contribution in [3.63, 3.8) is 0 Å². The van der Waals surface area contributed by atoms with Gasteiger partial charge < -0.3 is 24.4 Å². The topological polar surface area (TPSA) is 45.6 Å². The number of fused-ring (bicyclic) bond motifs is 1. The Hall–Kier alpha value is -1.83. The minimum atomic E-state index is 0.476. The monoisotopic (exact) mass is 529 g/mol. The Morgan fingerprint density at radius 2 is 1.92 bits per heavy atom. The Labute approximate surface area is 224 Å². The largest absolute Gasteiger partial charge is 0.380 e. The van der Waals surface area contributed by atoms with Crippen LogP contribution in [0.2, 0.25) is 10.0 Å². The first-order valence-electron chi connectivity index (χ1n) is 13.3. The molecular weight excluding hydrogens is 493 g/mol. The van der Waals surface area contributed by atoms with Crippen LogP contribution in [0.15, 0.2) is 42.5 Å². The molecule has 194 valence electrons. The molecule has 0 saturated carbocycles. The molecule has 2 aliphatic heterocycles. The van der Waals surface area contributed by atoms with Gasteiger partial charge in [0.1, 0.15) is 0 Å². The zero-order valence-corrected chi connectivity index (χ0v) is 22.6. The Bertz CT molecular complexity index is 1150. The molecule has 2 aromatic carbocycles. The predicted molar refractivity (Wildman–Crippen MR) is 150 cm³/mol. The zero-order chi connectivity index (χ0) is 24.9. The van der Waals surface area contributed by atoms with Crippen LogP contribution in [-0.4, -0.2) is 73.0 Å². The summed E-state index contributed by atoms with van der Waals surface area (Å²) >= 11 is 12.5. The zero-order valence-electron chi connectivity index (χ0n) is 21.1. The summed E-state index contributed by atoms with van der Waals surface area (Å²) in [6.45, 7) is 10.7. The van der Waals surface area contributed by atoms with Gasteiger partial charge in [-0.15, -0.1) is 0 Å². The third kappa shape index (κ3) is 5.84. The fraction of sp³-hybridized carbons (Fsp3) is 0.536. The van der Waals surface area contributed by atoms with Gasteiger partial charge in [0.05, 0.1) is 27.7 Å². The standard InChI is InChI=1S/C28H37Cl2N5O/c1-2-36-19-18-35-27-7-4-3-6-26(27)32-28(35)34-14-5-13-33(16-17-34)15-11-25-22(10-12-31-25)21-8-9-23(29)24(30)20-21/h3-4,6-9,20,22,25,31H,2,5,10-19H2,1H3. The molecule has 1 aromatic heterocycles. The first-order chi connectivity index (χ1) is 17.6. The van der Waals surface area contributed by atoms with Gasteiger partial charge in [-0.1, -0.05) is 41.4 Å². The molecule has 2 fully saturated rings. The van der Waals surface area contributed by atoms with Gasteiger partial charge in [-0.2, -0.15) is 0 Å². The van der Waals surface area contributed by atoms with Crippen LogP contribution in [-0.2, 0) is 11.3 Å². The lowest BCUT2D eigenvalue weighted by molar-refractivity contribution is 0.140. The quantitative estimate of drug-likeness (QED) is 0.374. The number of hydrogen-bond acceptors (Lipinski definition) is 5. The Morgan fingerprint density at radius 1 is 1.03 bits per heavy atom.